The third kappa shape index (κ3) is 4.46. The Morgan fingerprint density at radius 3 is 2.74 bits per heavy atom. The average molecular weight is 283 g/mol. The lowest BCUT2D eigenvalue weighted by atomic mass is 10.0. The Morgan fingerprint density at radius 2 is 2.00 bits per heavy atom. The van der Waals surface area contributed by atoms with Gasteiger partial charge < -0.3 is 9.64 Å². The zero-order valence-electron chi connectivity index (χ0n) is 11.6. The first kappa shape index (κ1) is 14.8. The standard InChI is InChI=1S/C15H23ClN2O/c1-17-8-9-18(10-12-19-11-7-16)15(13-17)14-5-3-2-4-6-14/h2-6,15H,7-13H2,1H3. The van der Waals surface area contributed by atoms with E-state index in [2.05, 4.69) is 47.2 Å². The van der Waals surface area contributed by atoms with Gasteiger partial charge in [-0.25, -0.2) is 0 Å². The number of piperazine rings is 1. The van der Waals surface area contributed by atoms with Gasteiger partial charge in [0.2, 0.25) is 0 Å². The average Bonchev–Trinajstić information content (AvgIpc) is 2.46. The second-order valence-electron chi connectivity index (χ2n) is 5.03. The molecule has 1 unspecified atom stereocenters. The molecule has 0 amide bonds. The maximum atomic E-state index is 5.62. The highest BCUT2D eigenvalue weighted by Crippen LogP contribution is 2.24. The van der Waals surface area contributed by atoms with Crippen LogP contribution in [0.5, 0.6) is 0 Å². The van der Waals surface area contributed by atoms with Gasteiger partial charge in [0.15, 0.2) is 0 Å². The van der Waals surface area contributed by atoms with Crippen LogP contribution in [0.2, 0.25) is 0 Å². The third-order valence-electron chi connectivity index (χ3n) is 3.62. The second-order valence-corrected chi connectivity index (χ2v) is 5.40. The van der Waals surface area contributed by atoms with Crippen LogP contribution in [0, 0.1) is 0 Å². The van der Waals surface area contributed by atoms with Gasteiger partial charge in [-0.3, -0.25) is 4.90 Å². The molecule has 1 atom stereocenters. The lowest BCUT2D eigenvalue weighted by molar-refractivity contribution is 0.0516. The number of rotatable bonds is 6. The third-order valence-corrected chi connectivity index (χ3v) is 3.78. The molecule has 19 heavy (non-hydrogen) atoms. The van der Waals surface area contributed by atoms with E-state index in [1.807, 2.05) is 0 Å². The van der Waals surface area contributed by atoms with E-state index in [1.165, 1.54) is 5.56 Å². The summed E-state index contributed by atoms with van der Waals surface area (Å²) in [6.07, 6.45) is 0. The summed E-state index contributed by atoms with van der Waals surface area (Å²) >= 11 is 5.62. The van der Waals surface area contributed by atoms with E-state index >= 15 is 0 Å². The van der Waals surface area contributed by atoms with Crippen molar-refractivity contribution in [3.63, 3.8) is 0 Å². The predicted octanol–water partition coefficient (Wildman–Crippen LogP) is 2.23. The summed E-state index contributed by atoms with van der Waals surface area (Å²) in [7, 11) is 2.19. The molecule has 1 aromatic carbocycles. The molecular weight excluding hydrogens is 260 g/mol. The van der Waals surface area contributed by atoms with Crippen molar-refractivity contribution >= 4 is 11.6 Å². The highest BCUT2D eigenvalue weighted by atomic mass is 35.5. The number of nitrogens with zero attached hydrogens (tertiary/aromatic N) is 2. The van der Waals surface area contributed by atoms with E-state index in [9.17, 15) is 0 Å². The molecule has 1 saturated heterocycles. The number of alkyl halides is 1. The van der Waals surface area contributed by atoms with Crippen LogP contribution >= 0.6 is 11.6 Å². The lowest BCUT2D eigenvalue weighted by Crippen LogP contribution is -2.47. The molecule has 0 N–H and O–H groups in total. The van der Waals surface area contributed by atoms with Crippen LogP contribution in [0.4, 0.5) is 0 Å². The van der Waals surface area contributed by atoms with E-state index in [0.717, 1.165) is 32.8 Å². The molecule has 0 aliphatic carbocycles. The number of likely N-dealkylation sites (N-methyl/N-ethyl adjacent to an activating group) is 1. The first-order chi connectivity index (χ1) is 9.31. The van der Waals surface area contributed by atoms with Crippen LogP contribution < -0.4 is 0 Å². The van der Waals surface area contributed by atoms with Crippen molar-refractivity contribution in [2.45, 2.75) is 6.04 Å². The molecule has 0 saturated carbocycles. The molecule has 1 fully saturated rings. The molecular formula is C15H23ClN2O. The minimum Gasteiger partial charge on any atom is -0.379 e. The zero-order valence-corrected chi connectivity index (χ0v) is 12.4. The van der Waals surface area contributed by atoms with Crippen molar-refractivity contribution in [2.75, 3.05) is 52.3 Å². The van der Waals surface area contributed by atoms with E-state index in [0.29, 0.717) is 18.5 Å². The Balaban J connectivity index is 1.95. The molecule has 0 spiro atoms. The van der Waals surface area contributed by atoms with Crippen LogP contribution in [0.3, 0.4) is 0 Å². The topological polar surface area (TPSA) is 15.7 Å². The molecule has 4 heteroatoms. The van der Waals surface area contributed by atoms with Gasteiger partial charge >= 0.3 is 0 Å². The molecule has 0 radical (unpaired) electrons. The first-order valence-corrected chi connectivity index (χ1v) is 7.46. The van der Waals surface area contributed by atoms with Crippen molar-refractivity contribution in [2.24, 2.45) is 0 Å². The number of benzene rings is 1. The number of hydrogen-bond donors (Lipinski definition) is 0. The monoisotopic (exact) mass is 282 g/mol. The summed E-state index contributed by atoms with van der Waals surface area (Å²) in [4.78, 5) is 4.91. The van der Waals surface area contributed by atoms with Crippen molar-refractivity contribution in [3.05, 3.63) is 35.9 Å². The Labute approximate surface area is 121 Å². The molecule has 1 heterocycles. The van der Waals surface area contributed by atoms with E-state index < -0.39 is 0 Å². The molecule has 3 nitrogen and oxygen atoms in total. The Bertz CT molecular complexity index is 360. The van der Waals surface area contributed by atoms with Gasteiger partial charge in [0, 0.05) is 38.1 Å². The quantitative estimate of drug-likeness (QED) is 0.588. The maximum absolute atomic E-state index is 5.62. The van der Waals surface area contributed by atoms with E-state index in [-0.39, 0.29) is 0 Å². The molecule has 2 rings (SSSR count). The smallest absolute Gasteiger partial charge is 0.0602 e. The molecule has 1 aliphatic heterocycles. The summed E-state index contributed by atoms with van der Waals surface area (Å²) < 4.78 is 5.51. The van der Waals surface area contributed by atoms with Gasteiger partial charge in [-0.2, -0.15) is 0 Å². The van der Waals surface area contributed by atoms with Gasteiger partial charge in [-0.05, 0) is 12.6 Å². The Hall–Kier alpha value is -0.610. The fourth-order valence-electron chi connectivity index (χ4n) is 2.55. The fraction of sp³-hybridized carbons (Fsp3) is 0.600. The number of hydrogen-bond acceptors (Lipinski definition) is 3. The van der Waals surface area contributed by atoms with Gasteiger partial charge in [0.05, 0.1) is 13.2 Å². The normalized spacial score (nSPS) is 21.7. The molecule has 1 aliphatic rings. The van der Waals surface area contributed by atoms with Gasteiger partial charge in [0.1, 0.15) is 0 Å². The van der Waals surface area contributed by atoms with Crippen molar-refractivity contribution < 1.29 is 4.74 Å². The number of halogens is 1. The second kappa shape index (κ2) is 7.85. The van der Waals surface area contributed by atoms with Crippen molar-refractivity contribution in [3.8, 4) is 0 Å². The summed E-state index contributed by atoms with van der Waals surface area (Å²) in [5, 5.41) is 0. The number of ether oxygens (including phenoxy) is 1. The van der Waals surface area contributed by atoms with Crippen molar-refractivity contribution in [1.82, 2.24) is 9.80 Å². The first-order valence-electron chi connectivity index (χ1n) is 6.92. The molecule has 1 aromatic rings. The van der Waals surface area contributed by atoms with Crippen LogP contribution in [-0.4, -0.2) is 62.1 Å². The predicted molar refractivity (Wildman–Crippen MR) is 79.8 cm³/mol. The van der Waals surface area contributed by atoms with Crippen LogP contribution in [0.25, 0.3) is 0 Å². The van der Waals surface area contributed by atoms with Gasteiger partial charge in [-0.1, -0.05) is 30.3 Å². The Morgan fingerprint density at radius 1 is 1.21 bits per heavy atom. The van der Waals surface area contributed by atoms with Crippen molar-refractivity contribution in [1.29, 1.82) is 0 Å². The fourth-order valence-corrected chi connectivity index (χ4v) is 2.66. The van der Waals surface area contributed by atoms with Crippen LogP contribution in [0.1, 0.15) is 11.6 Å². The minimum absolute atomic E-state index is 0.472. The summed E-state index contributed by atoms with van der Waals surface area (Å²) in [5.41, 5.74) is 1.39. The molecule has 0 aromatic heterocycles. The maximum Gasteiger partial charge on any atom is 0.0602 e. The highest BCUT2D eigenvalue weighted by Gasteiger charge is 2.25. The SMILES string of the molecule is CN1CCN(CCOCCCl)C(c2ccccc2)C1. The van der Waals surface area contributed by atoms with Crippen LogP contribution in [-0.2, 0) is 4.74 Å². The lowest BCUT2D eigenvalue weighted by Gasteiger charge is -2.40. The van der Waals surface area contributed by atoms with E-state index in [4.69, 9.17) is 16.3 Å². The molecule has 0 bridgehead atoms. The summed E-state index contributed by atoms with van der Waals surface area (Å²) in [6, 6.07) is 11.2. The van der Waals surface area contributed by atoms with Gasteiger partial charge in [-0.15, -0.1) is 11.6 Å². The highest BCUT2D eigenvalue weighted by molar-refractivity contribution is 6.17. The van der Waals surface area contributed by atoms with Crippen LogP contribution in [0.15, 0.2) is 30.3 Å². The minimum atomic E-state index is 0.472. The summed E-state index contributed by atoms with van der Waals surface area (Å²) in [6.45, 7) is 5.69. The largest absolute Gasteiger partial charge is 0.379 e. The molecule has 106 valence electrons. The summed E-state index contributed by atoms with van der Waals surface area (Å²) in [5.74, 6) is 0.574. The van der Waals surface area contributed by atoms with E-state index in [1.54, 1.807) is 0 Å². The Kier molecular flexibility index (Phi) is 6.11. The zero-order chi connectivity index (χ0) is 13.5. The van der Waals surface area contributed by atoms with Gasteiger partial charge in [0.25, 0.3) is 0 Å².